The Morgan fingerprint density at radius 1 is 1.36 bits per heavy atom. The van der Waals surface area contributed by atoms with E-state index in [2.05, 4.69) is 12.2 Å². The second-order valence-electron chi connectivity index (χ2n) is 3.48. The van der Waals surface area contributed by atoms with Gasteiger partial charge in [0.15, 0.2) is 0 Å². The van der Waals surface area contributed by atoms with Crippen LogP contribution in [0.4, 0.5) is 4.79 Å². The summed E-state index contributed by atoms with van der Waals surface area (Å²) in [4.78, 5) is 13.2. The van der Waals surface area contributed by atoms with Crippen molar-refractivity contribution in [2.45, 2.75) is 26.2 Å². The highest BCUT2D eigenvalue weighted by Crippen LogP contribution is 2.00. The molecule has 1 saturated heterocycles. The Labute approximate surface area is 85.6 Å². The minimum Gasteiger partial charge on any atom is -0.449 e. The Bertz CT molecular complexity index is 168. The van der Waals surface area contributed by atoms with Crippen molar-refractivity contribution in [3.63, 3.8) is 0 Å². The number of ether oxygens (including phenoxy) is 1. The predicted molar refractivity (Wildman–Crippen MR) is 54.3 cm³/mol. The normalized spacial score (nSPS) is 16.8. The van der Waals surface area contributed by atoms with Crippen LogP contribution in [0.2, 0.25) is 0 Å². The summed E-state index contributed by atoms with van der Waals surface area (Å²) in [5.74, 6) is 0. The summed E-state index contributed by atoms with van der Waals surface area (Å²) >= 11 is 0. The molecule has 0 saturated carbocycles. The monoisotopic (exact) mass is 199 g/mol. The average Bonchev–Trinajstić information content (AvgIpc) is 2.25. The Hall–Kier alpha value is -0.770. The summed E-state index contributed by atoms with van der Waals surface area (Å²) in [6.45, 7) is 5.63. The van der Waals surface area contributed by atoms with E-state index in [-0.39, 0.29) is 6.09 Å². The Morgan fingerprint density at radius 2 is 2.07 bits per heavy atom. The van der Waals surface area contributed by atoms with Crippen molar-refractivity contribution in [2.75, 3.05) is 32.8 Å². The number of piperazine rings is 1. The van der Waals surface area contributed by atoms with Crippen LogP contribution in [0.25, 0.3) is 0 Å². The van der Waals surface area contributed by atoms with Crippen LogP contribution >= 0.6 is 0 Å². The molecule has 1 amide bonds. The molecule has 0 N–H and O–H groups in total. The van der Waals surface area contributed by atoms with Gasteiger partial charge in [-0.3, -0.25) is 0 Å². The molecule has 0 aromatic heterocycles. The minimum atomic E-state index is -0.170. The van der Waals surface area contributed by atoms with E-state index in [1.54, 1.807) is 4.90 Å². The number of carbonyl (C=O) groups is 1. The number of carbonyl (C=O) groups excluding carboxylic acids is 1. The molecule has 1 aliphatic heterocycles. The molecule has 0 atom stereocenters. The standard InChI is InChI=1S/C10H19N2O2/c1-2-3-4-9-14-10(13)12-7-5-11-6-8-12/h2-9H2,1H3. The summed E-state index contributed by atoms with van der Waals surface area (Å²) in [5.41, 5.74) is 0. The Morgan fingerprint density at radius 3 is 2.71 bits per heavy atom. The third-order valence-electron chi connectivity index (χ3n) is 2.29. The predicted octanol–water partition coefficient (Wildman–Crippen LogP) is 1.23. The molecule has 4 nitrogen and oxygen atoms in total. The van der Waals surface area contributed by atoms with Gasteiger partial charge < -0.3 is 9.64 Å². The molecule has 1 fully saturated rings. The summed E-state index contributed by atoms with van der Waals surface area (Å²) in [6.07, 6.45) is 3.08. The van der Waals surface area contributed by atoms with Crippen molar-refractivity contribution in [3.05, 3.63) is 0 Å². The SMILES string of the molecule is CCCCCOC(=O)N1CC[N]CC1. The van der Waals surface area contributed by atoms with Crippen LogP contribution in [0.15, 0.2) is 0 Å². The highest BCUT2D eigenvalue weighted by atomic mass is 16.6. The van der Waals surface area contributed by atoms with Gasteiger partial charge in [-0.25, -0.2) is 10.1 Å². The van der Waals surface area contributed by atoms with Gasteiger partial charge in [-0.1, -0.05) is 19.8 Å². The topological polar surface area (TPSA) is 43.6 Å². The maximum Gasteiger partial charge on any atom is 0.409 e. The number of hydrogen-bond acceptors (Lipinski definition) is 2. The Kier molecular flexibility index (Phi) is 5.37. The number of nitrogens with zero attached hydrogens (tertiary/aromatic N) is 2. The average molecular weight is 199 g/mol. The van der Waals surface area contributed by atoms with E-state index in [0.717, 1.165) is 32.4 Å². The van der Waals surface area contributed by atoms with Crippen molar-refractivity contribution in [2.24, 2.45) is 0 Å². The van der Waals surface area contributed by atoms with E-state index in [9.17, 15) is 4.79 Å². The number of unbranched alkanes of at least 4 members (excludes halogenated alkanes) is 2. The summed E-state index contributed by atoms with van der Waals surface area (Å²) in [7, 11) is 0. The number of rotatable bonds is 4. The molecule has 0 spiro atoms. The fourth-order valence-electron chi connectivity index (χ4n) is 1.39. The lowest BCUT2D eigenvalue weighted by atomic mass is 10.3. The third kappa shape index (κ3) is 3.96. The maximum atomic E-state index is 11.4. The summed E-state index contributed by atoms with van der Waals surface area (Å²) in [5, 5.41) is 4.17. The molecule has 0 aliphatic carbocycles. The van der Waals surface area contributed by atoms with Gasteiger partial charge in [-0.15, -0.1) is 0 Å². The molecular weight excluding hydrogens is 180 g/mol. The first kappa shape index (κ1) is 11.3. The molecule has 1 aliphatic rings. The van der Waals surface area contributed by atoms with E-state index in [1.165, 1.54) is 0 Å². The molecule has 0 bridgehead atoms. The fourth-order valence-corrected chi connectivity index (χ4v) is 1.39. The lowest BCUT2D eigenvalue weighted by molar-refractivity contribution is 0.0958. The van der Waals surface area contributed by atoms with Crippen molar-refractivity contribution < 1.29 is 9.53 Å². The highest BCUT2D eigenvalue weighted by Gasteiger charge is 2.17. The van der Waals surface area contributed by atoms with E-state index < -0.39 is 0 Å². The quantitative estimate of drug-likeness (QED) is 0.639. The van der Waals surface area contributed by atoms with Crippen LogP contribution in [-0.2, 0) is 4.74 Å². The molecular formula is C10H19N2O2. The lowest BCUT2D eigenvalue weighted by Gasteiger charge is -2.25. The zero-order chi connectivity index (χ0) is 10.2. The van der Waals surface area contributed by atoms with Crippen molar-refractivity contribution in [3.8, 4) is 0 Å². The first-order chi connectivity index (χ1) is 6.84. The smallest absolute Gasteiger partial charge is 0.409 e. The lowest BCUT2D eigenvalue weighted by Crippen LogP contribution is -2.44. The molecule has 4 heteroatoms. The highest BCUT2D eigenvalue weighted by molar-refractivity contribution is 5.67. The van der Waals surface area contributed by atoms with Crippen molar-refractivity contribution >= 4 is 6.09 Å². The molecule has 1 heterocycles. The van der Waals surface area contributed by atoms with Gasteiger partial charge in [0.1, 0.15) is 0 Å². The molecule has 14 heavy (non-hydrogen) atoms. The van der Waals surface area contributed by atoms with E-state index in [0.29, 0.717) is 19.7 Å². The van der Waals surface area contributed by atoms with Gasteiger partial charge in [0.05, 0.1) is 6.61 Å². The van der Waals surface area contributed by atoms with E-state index in [1.807, 2.05) is 0 Å². The van der Waals surface area contributed by atoms with E-state index in [4.69, 9.17) is 4.74 Å². The second-order valence-corrected chi connectivity index (χ2v) is 3.48. The van der Waals surface area contributed by atoms with Crippen LogP contribution in [0.5, 0.6) is 0 Å². The molecule has 81 valence electrons. The maximum absolute atomic E-state index is 11.4. The van der Waals surface area contributed by atoms with Crippen LogP contribution < -0.4 is 5.32 Å². The second kappa shape index (κ2) is 6.65. The van der Waals surface area contributed by atoms with Gasteiger partial charge in [-0.05, 0) is 6.42 Å². The summed E-state index contributed by atoms with van der Waals surface area (Å²) in [6, 6.07) is 0. The van der Waals surface area contributed by atoms with Crippen LogP contribution in [-0.4, -0.2) is 43.8 Å². The van der Waals surface area contributed by atoms with Gasteiger partial charge in [0, 0.05) is 26.2 Å². The van der Waals surface area contributed by atoms with Gasteiger partial charge in [-0.2, -0.15) is 0 Å². The van der Waals surface area contributed by atoms with Crippen molar-refractivity contribution in [1.29, 1.82) is 0 Å². The number of hydrogen-bond donors (Lipinski definition) is 0. The molecule has 0 unspecified atom stereocenters. The van der Waals surface area contributed by atoms with Crippen molar-refractivity contribution in [1.82, 2.24) is 10.2 Å². The van der Waals surface area contributed by atoms with Gasteiger partial charge >= 0.3 is 6.09 Å². The van der Waals surface area contributed by atoms with Crippen LogP contribution in [0.3, 0.4) is 0 Å². The Balaban J connectivity index is 2.07. The van der Waals surface area contributed by atoms with Crippen LogP contribution in [0.1, 0.15) is 26.2 Å². The molecule has 0 aromatic rings. The fraction of sp³-hybridized carbons (Fsp3) is 0.900. The molecule has 1 rings (SSSR count). The first-order valence-electron chi connectivity index (χ1n) is 5.39. The third-order valence-corrected chi connectivity index (χ3v) is 2.29. The zero-order valence-corrected chi connectivity index (χ0v) is 8.87. The zero-order valence-electron chi connectivity index (χ0n) is 8.87. The molecule has 0 aromatic carbocycles. The first-order valence-corrected chi connectivity index (χ1v) is 5.39. The largest absolute Gasteiger partial charge is 0.449 e. The molecule has 1 radical (unpaired) electrons. The number of amides is 1. The summed E-state index contributed by atoms with van der Waals surface area (Å²) < 4.78 is 5.13. The van der Waals surface area contributed by atoms with Gasteiger partial charge in [0.25, 0.3) is 0 Å². The van der Waals surface area contributed by atoms with Crippen LogP contribution in [0, 0.1) is 0 Å². The minimum absolute atomic E-state index is 0.170. The van der Waals surface area contributed by atoms with E-state index >= 15 is 0 Å². The van der Waals surface area contributed by atoms with Gasteiger partial charge in [0.2, 0.25) is 0 Å².